The van der Waals surface area contributed by atoms with Crippen LogP contribution in [-0.2, 0) is 42.9 Å². The van der Waals surface area contributed by atoms with Crippen molar-refractivity contribution in [3.05, 3.63) is 59.3 Å². The summed E-state index contributed by atoms with van der Waals surface area (Å²) in [6.45, 7) is 12.7. The normalized spacial score (nSPS) is 39.7. The van der Waals surface area contributed by atoms with Gasteiger partial charge in [0.1, 0.15) is 30.1 Å². The van der Waals surface area contributed by atoms with Gasteiger partial charge in [-0.1, -0.05) is 81.4 Å². The van der Waals surface area contributed by atoms with Gasteiger partial charge in [-0.2, -0.15) is 0 Å². The number of Topliss-reactive ketones (excluding diaryl/α,β-unsaturated/α-hetero) is 3. The monoisotopic (exact) mass is 882 g/mol. The predicted octanol–water partition coefficient (Wildman–Crippen LogP) is 6.48. The van der Waals surface area contributed by atoms with Gasteiger partial charge in [-0.3, -0.25) is 19.2 Å². The Bertz CT molecular complexity index is 1760. The number of piperidine rings is 1. The Morgan fingerprint density at radius 3 is 2.33 bits per heavy atom. The molecule has 1 amide bonds. The van der Waals surface area contributed by atoms with E-state index in [1.165, 1.54) is 12.0 Å². The second-order valence-corrected chi connectivity index (χ2v) is 18.9. The number of ketones is 3. The highest BCUT2D eigenvalue weighted by atomic mass is 16.6. The van der Waals surface area contributed by atoms with Crippen LogP contribution in [0.4, 0.5) is 0 Å². The maximum absolute atomic E-state index is 14.3. The van der Waals surface area contributed by atoms with Crippen LogP contribution in [0.25, 0.3) is 0 Å². The molecule has 3 N–H and O–H groups in total. The van der Waals surface area contributed by atoms with Gasteiger partial charge in [0.05, 0.1) is 18.3 Å². The maximum atomic E-state index is 14.3. The van der Waals surface area contributed by atoms with Crippen molar-refractivity contribution in [1.82, 2.24) is 4.90 Å². The molecule has 63 heavy (non-hydrogen) atoms. The van der Waals surface area contributed by atoms with Crippen molar-refractivity contribution in [2.75, 3.05) is 20.8 Å². The number of hydrogen-bond acceptors (Lipinski definition) is 12. The minimum Gasteiger partial charge on any atom is -0.460 e. The lowest BCUT2D eigenvalue weighted by Crippen LogP contribution is -2.60. The molecule has 0 aromatic rings. The van der Waals surface area contributed by atoms with Gasteiger partial charge in [-0.15, -0.1) is 0 Å². The molecule has 1 aliphatic carbocycles. The van der Waals surface area contributed by atoms with Crippen LogP contribution in [0, 0.1) is 29.6 Å². The van der Waals surface area contributed by atoms with Crippen molar-refractivity contribution < 1.29 is 58.2 Å². The highest BCUT2D eigenvalue weighted by molar-refractivity contribution is 6.39. The zero-order valence-corrected chi connectivity index (χ0v) is 39.1. The van der Waals surface area contributed by atoms with E-state index in [1.807, 2.05) is 57.2 Å². The van der Waals surface area contributed by atoms with Gasteiger partial charge in [-0.05, 0) is 109 Å². The fraction of sp³-hybridized carbons (Fsp3) is 0.700. The Morgan fingerprint density at radius 1 is 0.905 bits per heavy atom. The predicted molar refractivity (Wildman–Crippen MR) is 239 cm³/mol. The summed E-state index contributed by atoms with van der Waals surface area (Å²) in [6.07, 6.45) is 13.7. The average molecular weight is 882 g/mol. The Hall–Kier alpha value is -3.59. The van der Waals surface area contributed by atoms with E-state index >= 15 is 0 Å². The first-order valence-electron chi connectivity index (χ1n) is 23.1. The molecule has 352 valence electrons. The summed E-state index contributed by atoms with van der Waals surface area (Å²) >= 11 is 0. The van der Waals surface area contributed by atoms with Gasteiger partial charge in [0.2, 0.25) is 5.79 Å². The van der Waals surface area contributed by atoms with Crippen LogP contribution in [0.3, 0.4) is 0 Å². The van der Waals surface area contributed by atoms with Gasteiger partial charge in [0.15, 0.2) is 5.78 Å². The lowest BCUT2D eigenvalue weighted by Gasteiger charge is -2.42. The van der Waals surface area contributed by atoms with Gasteiger partial charge >= 0.3 is 5.97 Å². The average Bonchev–Trinajstić information content (AvgIpc) is 3.26. The van der Waals surface area contributed by atoms with E-state index in [9.17, 15) is 39.3 Å². The maximum Gasteiger partial charge on any atom is 0.329 e. The van der Waals surface area contributed by atoms with Crippen molar-refractivity contribution in [3.63, 3.8) is 0 Å². The first-order valence-corrected chi connectivity index (χ1v) is 23.1. The number of rotatable bonds is 5. The zero-order valence-electron chi connectivity index (χ0n) is 39.1. The first-order chi connectivity index (χ1) is 29.8. The molecule has 0 aromatic carbocycles. The second kappa shape index (κ2) is 24.1. The SMILES string of the molecule is CO[C@@H]1C[C@H](C[C@@H](C)[C@@H]2CC(=O)[C@H](C)/C=C(\C)[C@@H](O)[C@@H](OC)C(=O)[C@H](C)C\C(C)=C/C=C/C=C/C(C)=C/C[C@@H]3CC[C@@H](C)[C@@](O)(O3)C(=O)C(=O)N3CCCC[C@H]3C(=O)O2)CC[C@H]1O. The van der Waals surface area contributed by atoms with E-state index in [1.54, 1.807) is 40.9 Å². The highest BCUT2D eigenvalue weighted by Crippen LogP contribution is 2.37. The molecule has 0 unspecified atom stereocenters. The van der Waals surface area contributed by atoms with Crippen LogP contribution >= 0.6 is 0 Å². The fourth-order valence-corrected chi connectivity index (χ4v) is 9.55. The molecule has 0 spiro atoms. The molecule has 3 fully saturated rings. The largest absolute Gasteiger partial charge is 0.460 e. The minimum absolute atomic E-state index is 0.103. The molecule has 2 bridgehead atoms. The van der Waals surface area contributed by atoms with Gasteiger partial charge < -0.3 is 39.2 Å². The van der Waals surface area contributed by atoms with Crippen molar-refractivity contribution in [2.45, 2.75) is 174 Å². The molecule has 3 heterocycles. The molecule has 13 atom stereocenters. The fourth-order valence-electron chi connectivity index (χ4n) is 9.55. The van der Waals surface area contributed by atoms with Gasteiger partial charge in [0, 0.05) is 44.9 Å². The number of ether oxygens (including phenoxy) is 4. The van der Waals surface area contributed by atoms with Crippen LogP contribution in [-0.4, -0.2) is 119 Å². The van der Waals surface area contributed by atoms with Crippen LogP contribution in [0.5, 0.6) is 0 Å². The van der Waals surface area contributed by atoms with Crippen LogP contribution in [0.1, 0.15) is 126 Å². The van der Waals surface area contributed by atoms with Crippen molar-refractivity contribution in [3.8, 4) is 0 Å². The number of amides is 1. The summed E-state index contributed by atoms with van der Waals surface area (Å²) in [4.78, 5) is 71.4. The van der Waals surface area contributed by atoms with E-state index in [4.69, 9.17) is 18.9 Å². The number of methoxy groups -OCH3 is 2. The summed E-state index contributed by atoms with van der Waals surface area (Å²) < 4.78 is 23.4. The summed E-state index contributed by atoms with van der Waals surface area (Å²) in [5.41, 5.74) is 2.27. The van der Waals surface area contributed by atoms with Gasteiger partial charge in [0.25, 0.3) is 11.7 Å². The summed E-state index contributed by atoms with van der Waals surface area (Å²) in [5.74, 6) is -7.86. The van der Waals surface area contributed by atoms with E-state index in [0.717, 1.165) is 17.6 Å². The molecule has 13 nitrogen and oxygen atoms in total. The number of aliphatic hydroxyl groups excluding tert-OH is 2. The van der Waals surface area contributed by atoms with Crippen molar-refractivity contribution in [2.24, 2.45) is 29.6 Å². The summed E-state index contributed by atoms with van der Waals surface area (Å²) in [6, 6.07) is -1.12. The molecule has 0 radical (unpaired) electrons. The Balaban J connectivity index is 1.69. The molecule has 2 saturated heterocycles. The standard InChI is InChI=1S/C50H75NO12/c1-30-15-11-10-12-16-31(2)25-34(5)44(54)46(61-9)45(55)35(6)26-32(3)41(53)29-42(33(4)27-37-20-23-40(52)43(28-37)60-8)62-49(58)39-17-13-14-24-51(39)48(57)47(56)50(59)36(7)19-22-38(63-50)21-18-30/h10-12,15-16,18,26,32-34,36-40,42-43,45-46,52,55,59H,13-14,17,19-25,27-29H2,1-9H3/b12-10+,15-11+,30-18+,31-16-,35-26+/t32-,33-,34-,36-,37+,38-,39+,40-,42+,43-,45-,46+,50-/m1/s1. The van der Waals surface area contributed by atoms with E-state index in [0.29, 0.717) is 63.4 Å². The Labute approximate surface area is 375 Å². The molecule has 3 aliphatic heterocycles. The molecule has 1 saturated carbocycles. The molecule has 4 aliphatic rings. The molecular weight excluding hydrogens is 807 g/mol. The smallest absolute Gasteiger partial charge is 0.329 e. The number of cyclic esters (lactones) is 1. The summed E-state index contributed by atoms with van der Waals surface area (Å²) in [7, 11) is 2.94. The number of allylic oxidation sites excluding steroid dienone is 8. The number of fused-ring (bicyclic) bond motifs is 3. The number of esters is 1. The number of carbonyl (C=O) groups is 5. The van der Waals surface area contributed by atoms with Gasteiger partial charge in [-0.25, -0.2) is 4.79 Å². The Kier molecular flexibility index (Phi) is 19.9. The number of aliphatic hydroxyl groups is 3. The van der Waals surface area contributed by atoms with E-state index in [2.05, 4.69) is 0 Å². The zero-order chi connectivity index (χ0) is 46.6. The van der Waals surface area contributed by atoms with E-state index < -0.39 is 77.8 Å². The molecule has 4 rings (SSSR count). The molecule has 13 heteroatoms. The highest BCUT2D eigenvalue weighted by Gasteiger charge is 2.52. The third-order valence-electron chi connectivity index (χ3n) is 13.8. The third-order valence-corrected chi connectivity index (χ3v) is 13.8. The molecular formula is C50H75NO12. The second-order valence-electron chi connectivity index (χ2n) is 18.9. The topological polar surface area (TPSA) is 186 Å². The lowest BCUT2D eigenvalue weighted by atomic mass is 9.78. The Morgan fingerprint density at radius 2 is 1.63 bits per heavy atom. The molecule has 0 aromatic heterocycles. The third kappa shape index (κ3) is 14.0. The number of nitrogens with zero attached hydrogens (tertiary/aromatic N) is 1. The summed E-state index contributed by atoms with van der Waals surface area (Å²) in [5, 5.41) is 33.6. The first kappa shape index (κ1) is 52.0. The quantitative estimate of drug-likeness (QED) is 0.155. The van der Waals surface area contributed by atoms with Crippen LogP contribution < -0.4 is 0 Å². The minimum atomic E-state index is -2.38. The van der Waals surface area contributed by atoms with Crippen molar-refractivity contribution in [1.29, 1.82) is 0 Å². The van der Waals surface area contributed by atoms with Crippen LogP contribution in [0.2, 0.25) is 0 Å². The number of carbonyl (C=O) groups excluding carboxylic acids is 5. The van der Waals surface area contributed by atoms with Crippen LogP contribution in [0.15, 0.2) is 59.3 Å². The van der Waals surface area contributed by atoms with E-state index in [-0.39, 0.29) is 48.9 Å². The number of hydrogen-bond donors (Lipinski definition) is 3. The lowest BCUT2D eigenvalue weighted by molar-refractivity contribution is -0.262. The van der Waals surface area contributed by atoms with Crippen molar-refractivity contribution >= 4 is 29.2 Å².